The molecular formula is C32H37NO9S. The van der Waals surface area contributed by atoms with Gasteiger partial charge in [-0.15, -0.1) is 11.3 Å². The van der Waals surface area contributed by atoms with E-state index in [0.717, 1.165) is 51.8 Å². The summed E-state index contributed by atoms with van der Waals surface area (Å²) in [5, 5.41) is 19.1. The highest BCUT2D eigenvalue weighted by Gasteiger charge is 2.27. The summed E-state index contributed by atoms with van der Waals surface area (Å²) in [6.45, 7) is 4.41. The zero-order valence-corrected chi connectivity index (χ0v) is 25.6. The van der Waals surface area contributed by atoms with E-state index in [9.17, 15) is 19.2 Å². The first-order chi connectivity index (χ1) is 20.5. The van der Waals surface area contributed by atoms with Gasteiger partial charge in [0.25, 0.3) is 0 Å². The number of carbonyl (C=O) groups excluding carboxylic acids is 2. The van der Waals surface area contributed by atoms with Crippen LogP contribution in [0.4, 0.5) is 0 Å². The van der Waals surface area contributed by atoms with Crippen molar-refractivity contribution < 1.29 is 43.6 Å². The van der Waals surface area contributed by atoms with Crippen molar-refractivity contribution >= 4 is 45.1 Å². The Morgan fingerprint density at radius 3 is 2.14 bits per heavy atom. The molecule has 3 aromatic rings. The van der Waals surface area contributed by atoms with Crippen LogP contribution in [0.15, 0.2) is 30.3 Å². The average Bonchev–Trinajstić information content (AvgIpc) is 3.59. The van der Waals surface area contributed by atoms with Crippen LogP contribution in [0.5, 0.6) is 17.2 Å². The molecule has 1 aliphatic rings. The van der Waals surface area contributed by atoms with Crippen molar-refractivity contribution in [2.24, 2.45) is 11.8 Å². The van der Waals surface area contributed by atoms with Gasteiger partial charge in [-0.3, -0.25) is 19.2 Å². The number of carboxylic acids is 2. The van der Waals surface area contributed by atoms with E-state index in [1.165, 1.54) is 25.2 Å². The van der Waals surface area contributed by atoms with Crippen LogP contribution in [0.2, 0.25) is 0 Å². The number of fused-ring (bicyclic) bond motifs is 2. The summed E-state index contributed by atoms with van der Waals surface area (Å²) in [5.74, 6) is -1.93. The minimum absolute atomic E-state index is 0.0250. The second-order valence-electron chi connectivity index (χ2n) is 10.9. The van der Waals surface area contributed by atoms with Crippen molar-refractivity contribution in [2.45, 2.75) is 59.0 Å². The predicted molar refractivity (Wildman–Crippen MR) is 161 cm³/mol. The number of unbranched alkanes of at least 4 members (excludes halogenated alkanes) is 1. The van der Waals surface area contributed by atoms with Crippen LogP contribution >= 0.6 is 11.3 Å². The largest absolute Gasteiger partial charge is 0.496 e. The molecule has 230 valence electrons. The van der Waals surface area contributed by atoms with Gasteiger partial charge in [-0.25, -0.2) is 0 Å². The lowest BCUT2D eigenvalue weighted by molar-refractivity contribution is -0.145. The zero-order valence-electron chi connectivity index (χ0n) is 24.8. The molecule has 0 fully saturated rings. The van der Waals surface area contributed by atoms with E-state index in [4.69, 9.17) is 24.4 Å². The molecule has 0 spiro atoms. The van der Waals surface area contributed by atoms with Crippen molar-refractivity contribution in [3.63, 3.8) is 0 Å². The number of amides is 1. The Balaban J connectivity index is 1.34. The molecule has 1 amide bonds. The van der Waals surface area contributed by atoms with E-state index in [1.54, 1.807) is 25.2 Å². The molecule has 2 atom stereocenters. The van der Waals surface area contributed by atoms with E-state index >= 15 is 0 Å². The summed E-state index contributed by atoms with van der Waals surface area (Å²) in [6, 6.07) is 9.49. The van der Waals surface area contributed by atoms with Gasteiger partial charge in [0.05, 0.1) is 37.5 Å². The number of aryl methyl sites for hydroxylation is 1. The fourth-order valence-corrected chi connectivity index (χ4v) is 6.06. The van der Waals surface area contributed by atoms with Crippen molar-refractivity contribution in [1.82, 2.24) is 4.90 Å². The number of hydrogen-bond acceptors (Lipinski definition) is 8. The van der Waals surface area contributed by atoms with E-state index in [0.29, 0.717) is 36.1 Å². The minimum Gasteiger partial charge on any atom is -0.496 e. The Morgan fingerprint density at radius 1 is 0.837 bits per heavy atom. The van der Waals surface area contributed by atoms with E-state index < -0.39 is 23.8 Å². The minimum atomic E-state index is -0.996. The van der Waals surface area contributed by atoms with Crippen molar-refractivity contribution in [2.75, 3.05) is 20.8 Å². The van der Waals surface area contributed by atoms with Gasteiger partial charge in [0.15, 0.2) is 17.3 Å². The lowest BCUT2D eigenvalue weighted by Gasteiger charge is -2.16. The maximum Gasteiger partial charge on any atom is 0.306 e. The standard InChI is InChI=1S/C32H37NO9S/c1-18(31(36)37)9-24(34)29-14-21-12-27(26(41-4)15-28(21)43-29)42-8-6-5-7-20-11-22-16-33(17-23(22)13-25(20)40-3)30(35)10-19(2)32(38)39/h11-15,18-19H,5-10,16-17H2,1-4H3,(H,36,37)(H,38,39). The van der Waals surface area contributed by atoms with Gasteiger partial charge in [-0.05, 0) is 65.6 Å². The fourth-order valence-electron chi connectivity index (χ4n) is 5.04. The maximum atomic E-state index is 12.6. The predicted octanol–water partition coefficient (Wildman–Crippen LogP) is 5.57. The maximum absolute atomic E-state index is 12.6. The summed E-state index contributed by atoms with van der Waals surface area (Å²) in [4.78, 5) is 49.7. The molecule has 2 unspecified atom stereocenters. The number of carbonyl (C=O) groups is 4. The van der Waals surface area contributed by atoms with Gasteiger partial charge in [0, 0.05) is 36.7 Å². The molecule has 10 nitrogen and oxygen atoms in total. The highest BCUT2D eigenvalue weighted by molar-refractivity contribution is 7.20. The third-order valence-electron chi connectivity index (χ3n) is 7.67. The van der Waals surface area contributed by atoms with Crippen LogP contribution in [-0.4, -0.2) is 59.6 Å². The summed E-state index contributed by atoms with van der Waals surface area (Å²) < 4.78 is 18.1. The third-order valence-corrected chi connectivity index (χ3v) is 8.81. The SMILES string of the molecule is COc1cc2c(cc1CCCCOc1cc3cc(C(=O)CC(C)C(=O)O)sc3cc1OC)CN(C(=O)CC(C)C(=O)O)C2. The number of ketones is 1. The first-order valence-electron chi connectivity index (χ1n) is 14.2. The van der Waals surface area contributed by atoms with Gasteiger partial charge in [0.1, 0.15) is 5.75 Å². The van der Waals surface area contributed by atoms with Crippen molar-refractivity contribution in [3.8, 4) is 17.2 Å². The molecule has 1 aliphatic heterocycles. The molecule has 2 heterocycles. The molecule has 0 bridgehead atoms. The van der Waals surface area contributed by atoms with Crippen LogP contribution in [-0.2, 0) is 33.9 Å². The van der Waals surface area contributed by atoms with Gasteiger partial charge < -0.3 is 29.3 Å². The molecule has 0 aliphatic carbocycles. The topological polar surface area (TPSA) is 140 Å². The van der Waals surface area contributed by atoms with Gasteiger partial charge >= 0.3 is 11.9 Å². The third kappa shape index (κ3) is 7.64. The number of rotatable bonds is 15. The van der Waals surface area contributed by atoms with Crippen LogP contribution in [0.1, 0.15) is 65.9 Å². The van der Waals surface area contributed by atoms with Crippen LogP contribution in [0.3, 0.4) is 0 Å². The van der Waals surface area contributed by atoms with Crippen LogP contribution < -0.4 is 14.2 Å². The molecule has 2 aromatic carbocycles. The van der Waals surface area contributed by atoms with Crippen LogP contribution in [0.25, 0.3) is 10.1 Å². The Labute approximate surface area is 254 Å². The lowest BCUT2D eigenvalue weighted by Crippen LogP contribution is -2.28. The van der Waals surface area contributed by atoms with Crippen LogP contribution in [0, 0.1) is 11.8 Å². The van der Waals surface area contributed by atoms with Gasteiger partial charge in [-0.2, -0.15) is 0 Å². The van der Waals surface area contributed by atoms with E-state index in [-0.39, 0.29) is 24.5 Å². The normalized spacial score (nSPS) is 13.8. The van der Waals surface area contributed by atoms with Gasteiger partial charge in [0.2, 0.25) is 5.91 Å². The first kappa shape index (κ1) is 31.8. The number of methoxy groups -OCH3 is 2. The van der Waals surface area contributed by atoms with Crippen molar-refractivity contribution in [3.05, 3.63) is 51.9 Å². The molecule has 0 saturated carbocycles. The molecule has 0 saturated heterocycles. The Morgan fingerprint density at radius 2 is 1.49 bits per heavy atom. The molecule has 1 aromatic heterocycles. The molecule has 0 radical (unpaired) electrons. The summed E-state index contributed by atoms with van der Waals surface area (Å²) in [7, 11) is 3.18. The Kier molecular flexibility index (Phi) is 10.3. The molecule has 2 N–H and O–H groups in total. The lowest BCUT2D eigenvalue weighted by atomic mass is 10.0. The Bertz CT molecular complexity index is 1530. The van der Waals surface area contributed by atoms with E-state index in [2.05, 4.69) is 6.07 Å². The quantitative estimate of drug-likeness (QED) is 0.167. The number of carboxylic acid groups (broad SMARTS) is 2. The highest BCUT2D eigenvalue weighted by atomic mass is 32.1. The highest BCUT2D eigenvalue weighted by Crippen LogP contribution is 2.37. The number of nitrogens with zero attached hydrogens (tertiary/aromatic N) is 1. The molecule has 11 heteroatoms. The first-order valence-corrected chi connectivity index (χ1v) is 15.0. The smallest absolute Gasteiger partial charge is 0.306 e. The molecule has 43 heavy (non-hydrogen) atoms. The fraction of sp³-hybridized carbons (Fsp3) is 0.438. The number of benzene rings is 2. The molecule has 4 rings (SSSR count). The van der Waals surface area contributed by atoms with E-state index in [1.807, 2.05) is 18.2 Å². The number of aliphatic carboxylic acids is 2. The number of hydrogen-bond donors (Lipinski definition) is 2. The van der Waals surface area contributed by atoms with Crippen molar-refractivity contribution in [1.29, 1.82) is 0 Å². The number of ether oxygens (including phenoxy) is 3. The second-order valence-corrected chi connectivity index (χ2v) is 12.0. The molecular weight excluding hydrogens is 574 g/mol. The number of Topliss-reactive ketones (excluding diaryl/α,β-unsaturated/α-hetero) is 1. The second kappa shape index (κ2) is 13.9. The monoisotopic (exact) mass is 611 g/mol. The summed E-state index contributed by atoms with van der Waals surface area (Å²) in [5.41, 5.74) is 3.10. The number of thiophene rings is 1. The summed E-state index contributed by atoms with van der Waals surface area (Å²) >= 11 is 1.31. The van der Waals surface area contributed by atoms with Gasteiger partial charge in [-0.1, -0.05) is 13.8 Å². The zero-order chi connectivity index (χ0) is 31.3. The summed E-state index contributed by atoms with van der Waals surface area (Å²) in [6.07, 6.45) is 2.27. The average molecular weight is 612 g/mol. The Hall–Kier alpha value is -4.12.